The summed E-state index contributed by atoms with van der Waals surface area (Å²) < 4.78 is 6.11. The van der Waals surface area contributed by atoms with Crippen molar-refractivity contribution in [3.8, 4) is 0 Å². The van der Waals surface area contributed by atoms with Gasteiger partial charge in [0.05, 0.1) is 5.69 Å². The van der Waals surface area contributed by atoms with Crippen LogP contribution in [0.15, 0.2) is 39.2 Å². The highest BCUT2D eigenvalue weighted by atomic mass is 79.9. The van der Waals surface area contributed by atoms with Gasteiger partial charge in [-0.1, -0.05) is 6.07 Å². The molecule has 0 aliphatic heterocycles. The number of hydrogen-bond acceptors (Lipinski definition) is 2. The molecule has 0 saturated carbocycles. The first kappa shape index (κ1) is 11.9. The minimum atomic E-state index is -0.246. The van der Waals surface area contributed by atoms with Crippen molar-refractivity contribution in [2.45, 2.75) is 13.8 Å². The topological polar surface area (TPSA) is 42.2 Å². The quantitative estimate of drug-likeness (QED) is 0.912. The minimum absolute atomic E-state index is 0.246. The lowest BCUT2D eigenvalue weighted by molar-refractivity contribution is 0.0995. The van der Waals surface area contributed by atoms with Crippen molar-refractivity contribution < 1.29 is 9.21 Å². The molecule has 1 heterocycles. The van der Waals surface area contributed by atoms with Gasteiger partial charge in [0, 0.05) is 4.47 Å². The van der Waals surface area contributed by atoms with Gasteiger partial charge in [-0.05, 0) is 59.6 Å². The van der Waals surface area contributed by atoms with Crippen LogP contribution in [0.3, 0.4) is 0 Å². The Labute approximate surface area is 108 Å². The van der Waals surface area contributed by atoms with Crippen LogP contribution in [0.1, 0.15) is 21.9 Å². The molecular weight excluding hydrogens is 282 g/mol. The van der Waals surface area contributed by atoms with Gasteiger partial charge in [-0.15, -0.1) is 0 Å². The van der Waals surface area contributed by atoms with E-state index < -0.39 is 0 Å². The zero-order chi connectivity index (χ0) is 12.4. The highest BCUT2D eigenvalue weighted by Gasteiger charge is 2.11. The molecule has 2 aromatic rings. The van der Waals surface area contributed by atoms with Crippen molar-refractivity contribution in [3.05, 3.63) is 51.9 Å². The third kappa shape index (κ3) is 2.77. The molecule has 0 fully saturated rings. The van der Waals surface area contributed by atoms with Crippen LogP contribution in [-0.4, -0.2) is 5.91 Å². The van der Waals surface area contributed by atoms with Gasteiger partial charge in [0.1, 0.15) is 5.76 Å². The van der Waals surface area contributed by atoms with E-state index in [2.05, 4.69) is 21.2 Å². The number of carbonyl (C=O) groups is 1. The van der Waals surface area contributed by atoms with Crippen LogP contribution >= 0.6 is 15.9 Å². The summed E-state index contributed by atoms with van der Waals surface area (Å²) in [6, 6.07) is 9.20. The molecule has 0 saturated heterocycles. The van der Waals surface area contributed by atoms with Crippen LogP contribution < -0.4 is 5.32 Å². The normalized spacial score (nSPS) is 10.3. The molecule has 0 unspecified atom stereocenters. The van der Waals surface area contributed by atoms with Gasteiger partial charge >= 0.3 is 0 Å². The lowest BCUT2D eigenvalue weighted by Gasteiger charge is -2.06. The molecule has 0 radical (unpaired) electrons. The summed E-state index contributed by atoms with van der Waals surface area (Å²) >= 11 is 3.39. The second kappa shape index (κ2) is 4.75. The summed E-state index contributed by atoms with van der Waals surface area (Å²) in [5, 5.41) is 2.80. The maximum atomic E-state index is 11.9. The Hall–Kier alpha value is -1.55. The van der Waals surface area contributed by atoms with E-state index in [0.29, 0.717) is 5.76 Å². The van der Waals surface area contributed by atoms with Gasteiger partial charge in [-0.25, -0.2) is 0 Å². The molecule has 17 heavy (non-hydrogen) atoms. The summed E-state index contributed by atoms with van der Waals surface area (Å²) in [6.45, 7) is 3.78. The van der Waals surface area contributed by atoms with Crippen LogP contribution in [0.25, 0.3) is 0 Å². The van der Waals surface area contributed by atoms with E-state index in [-0.39, 0.29) is 5.91 Å². The second-order valence-corrected chi connectivity index (χ2v) is 4.70. The standard InChI is InChI=1S/C13H12BrNO2/c1-8-3-5-10(14)11(7-8)15-13(16)12-6-4-9(2)17-12/h3-7H,1-2H3,(H,15,16). The third-order valence-corrected chi connectivity index (χ3v) is 3.03. The molecule has 0 bridgehead atoms. The molecule has 1 amide bonds. The largest absolute Gasteiger partial charge is 0.456 e. The SMILES string of the molecule is Cc1ccc(Br)c(NC(=O)c2ccc(C)o2)c1. The Bertz CT molecular complexity index is 560. The average molecular weight is 294 g/mol. The van der Waals surface area contributed by atoms with Gasteiger partial charge in [-0.2, -0.15) is 0 Å². The average Bonchev–Trinajstić information content (AvgIpc) is 2.70. The van der Waals surface area contributed by atoms with Crippen LogP contribution in [0.4, 0.5) is 5.69 Å². The van der Waals surface area contributed by atoms with Gasteiger partial charge in [0.15, 0.2) is 5.76 Å². The molecule has 4 heteroatoms. The Morgan fingerprint density at radius 3 is 2.65 bits per heavy atom. The molecule has 1 aromatic carbocycles. The van der Waals surface area contributed by atoms with E-state index in [1.165, 1.54) is 0 Å². The molecule has 0 aliphatic rings. The third-order valence-electron chi connectivity index (χ3n) is 2.33. The van der Waals surface area contributed by atoms with E-state index in [4.69, 9.17) is 4.42 Å². The maximum Gasteiger partial charge on any atom is 0.291 e. The van der Waals surface area contributed by atoms with Gasteiger partial charge in [0.25, 0.3) is 5.91 Å². The first-order valence-corrected chi connectivity index (χ1v) is 5.99. The fraction of sp³-hybridized carbons (Fsp3) is 0.154. The first-order chi connectivity index (χ1) is 8.06. The highest BCUT2D eigenvalue weighted by Crippen LogP contribution is 2.24. The monoisotopic (exact) mass is 293 g/mol. The van der Waals surface area contributed by atoms with E-state index in [1.54, 1.807) is 19.1 Å². The van der Waals surface area contributed by atoms with Gasteiger partial charge in [-0.3, -0.25) is 4.79 Å². The number of hydrogen-bond donors (Lipinski definition) is 1. The Balaban J connectivity index is 2.21. The molecule has 0 spiro atoms. The van der Waals surface area contributed by atoms with Crippen molar-refractivity contribution in [2.75, 3.05) is 5.32 Å². The summed E-state index contributed by atoms with van der Waals surface area (Å²) in [7, 11) is 0. The highest BCUT2D eigenvalue weighted by molar-refractivity contribution is 9.10. The van der Waals surface area contributed by atoms with E-state index >= 15 is 0 Å². The first-order valence-electron chi connectivity index (χ1n) is 5.20. The number of anilines is 1. The molecule has 88 valence electrons. The zero-order valence-corrected chi connectivity index (χ0v) is 11.2. The zero-order valence-electron chi connectivity index (χ0n) is 9.58. The lowest BCUT2D eigenvalue weighted by Crippen LogP contribution is -2.11. The summed E-state index contributed by atoms with van der Waals surface area (Å²) in [4.78, 5) is 11.9. The van der Waals surface area contributed by atoms with Gasteiger partial charge in [0.2, 0.25) is 0 Å². The van der Waals surface area contributed by atoms with E-state index in [0.717, 1.165) is 21.5 Å². The van der Waals surface area contributed by atoms with Crippen molar-refractivity contribution in [3.63, 3.8) is 0 Å². The predicted octanol–water partition coefficient (Wildman–Crippen LogP) is 3.91. The molecule has 3 nitrogen and oxygen atoms in total. The van der Waals surface area contributed by atoms with Crippen molar-refractivity contribution in [1.82, 2.24) is 0 Å². The number of nitrogens with one attached hydrogen (secondary N) is 1. The number of aryl methyl sites for hydroxylation is 2. The van der Waals surface area contributed by atoms with Crippen LogP contribution in [-0.2, 0) is 0 Å². The fourth-order valence-corrected chi connectivity index (χ4v) is 1.82. The van der Waals surface area contributed by atoms with E-state index in [1.807, 2.05) is 25.1 Å². The molecule has 0 aliphatic carbocycles. The van der Waals surface area contributed by atoms with E-state index in [9.17, 15) is 4.79 Å². The van der Waals surface area contributed by atoms with Gasteiger partial charge < -0.3 is 9.73 Å². The smallest absolute Gasteiger partial charge is 0.291 e. The molecule has 2 rings (SSSR count). The number of amides is 1. The Kier molecular flexibility index (Phi) is 3.33. The summed E-state index contributed by atoms with van der Waals surface area (Å²) in [5.74, 6) is 0.791. The van der Waals surface area contributed by atoms with Crippen LogP contribution in [0.5, 0.6) is 0 Å². The number of carbonyl (C=O) groups excluding carboxylic acids is 1. The second-order valence-electron chi connectivity index (χ2n) is 3.85. The Morgan fingerprint density at radius 1 is 1.24 bits per heavy atom. The Morgan fingerprint density at radius 2 is 2.00 bits per heavy atom. The van der Waals surface area contributed by atoms with Crippen molar-refractivity contribution in [1.29, 1.82) is 0 Å². The van der Waals surface area contributed by atoms with Crippen molar-refractivity contribution in [2.24, 2.45) is 0 Å². The number of benzene rings is 1. The predicted molar refractivity (Wildman–Crippen MR) is 70.3 cm³/mol. The summed E-state index contributed by atoms with van der Waals surface area (Å²) in [6.07, 6.45) is 0. The van der Waals surface area contributed by atoms with Crippen LogP contribution in [0, 0.1) is 13.8 Å². The number of halogens is 1. The minimum Gasteiger partial charge on any atom is -0.456 e. The fourth-order valence-electron chi connectivity index (χ4n) is 1.48. The molecule has 1 N–H and O–H groups in total. The number of rotatable bonds is 2. The number of furan rings is 1. The molecule has 0 atom stereocenters. The molecular formula is C13H12BrNO2. The molecule has 1 aromatic heterocycles. The maximum absolute atomic E-state index is 11.9. The van der Waals surface area contributed by atoms with Crippen LogP contribution in [0.2, 0.25) is 0 Å². The summed E-state index contributed by atoms with van der Waals surface area (Å²) in [5.41, 5.74) is 1.82. The lowest BCUT2D eigenvalue weighted by atomic mass is 10.2. The van der Waals surface area contributed by atoms with Crippen molar-refractivity contribution >= 4 is 27.5 Å².